The average Bonchev–Trinajstić information content (AvgIpc) is 3.40. The molecule has 5 aliphatic carbocycles. The van der Waals surface area contributed by atoms with E-state index in [0.29, 0.717) is 12.3 Å². The van der Waals surface area contributed by atoms with E-state index in [1.165, 1.54) is 6.92 Å². The summed E-state index contributed by atoms with van der Waals surface area (Å²) < 4.78 is 25.1. The Kier molecular flexibility index (Phi) is 7.80. The first-order valence-electron chi connectivity index (χ1n) is 18.3. The van der Waals surface area contributed by atoms with Crippen LogP contribution in [0.1, 0.15) is 113 Å². The van der Waals surface area contributed by atoms with Crippen molar-refractivity contribution in [1.29, 1.82) is 0 Å². The highest BCUT2D eigenvalue weighted by molar-refractivity contribution is 5.66. The summed E-state index contributed by atoms with van der Waals surface area (Å²) in [5.41, 5.74) is -2.49. The van der Waals surface area contributed by atoms with Gasteiger partial charge in [-0.05, 0) is 112 Å². The van der Waals surface area contributed by atoms with E-state index in [0.717, 1.165) is 51.4 Å². The summed E-state index contributed by atoms with van der Waals surface area (Å²) in [5.74, 6) is 0.0227. The van der Waals surface area contributed by atoms with Gasteiger partial charge in [-0.15, -0.1) is 0 Å². The number of ether oxygens (including phenoxy) is 4. The predicted molar refractivity (Wildman–Crippen MR) is 171 cm³/mol. The van der Waals surface area contributed by atoms with Gasteiger partial charge in [0.25, 0.3) is 0 Å². The number of hydrogen-bond acceptors (Lipinski definition) is 10. The number of aliphatic hydroxyl groups is 5. The molecule has 2 spiro atoms. The minimum Gasteiger partial charge on any atom is -0.459 e. The van der Waals surface area contributed by atoms with Crippen LogP contribution in [0.3, 0.4) is 0 Å². The number of rotatable bonds is 5. The van der Waals surface area contributed by atoms with Crippen LogP contribution in [-0.4, -0.2) is 98.3 Å². The number of aliphatic hydroxyl groups excluding tert-OH is 4. The van der Waals surface area contributed by atoms with Crippen molar-refractivity contribution in [1.82, 2.24) is 0 Å². The summed E-state index contributed by atoms with van der Waals surface area (Å²) in [6.07, 6.45) is 1.51. The standard InChI is InChI=1S/C37H60O10/c1-19(38)45-29-27(42)28(34(7)13-11-24(47-34)32(4,5)43)33(6)15-16-37-18-36(37)14-12-23(46-30-26(41)25(40)20(39)17-44-30)31(2,3)21(36)9-10-22(37)35(29,33)8/h20-30,39-43H,9-18H2,1-8H3/t20-,21+,22-,23+,24-,25-,26-,27+,28+,29-,30-,33+,34-,35+,36+,37-/m0/s1. The highest BCUT2D eigenvalue weighted by Gasteiger charge is 2.85. The minimum absolute atomic E-state index is 0.0770. The van der Waals surface area contributed by atoms with E-state index in [4.69, 9.17) is 18.9 Å². The fourth-order valence-electron chi connectivity index (χ4n) is 13.7. The van der Waals surface area contributed by atoms with Crippen LogP contribution in [0.5, 0.6) is 0 Å². The van der Waals surface area contributed by atoms with E-state index >= 15 is 0 Å². The summed E-state index contributed by atoms with van der Waals surface area (Å²) in [6, 6.07) is 0. The Bertz CT molecular complexity index is 1270. The van der Waals surface area contributed by atoms with E-state index in [1.54, 1.807) is 13.8 Å². The van der Waals surface area contributed by atoms with Crippen molar-refractivity contribution in [2.75, 3.05) is 6.61 Å². The first-order chi connectivity index (χ1) is 21.7. The predicted octanol–water partition coefficient (Wildman–Crippen LogP) is 3.47. The average molecular weight is 665 g/mol. The van der Waals surface area contributed by atoms with Gasteiger partial charge in [0.15, 0.2) is 6.29 Å². The molecule has 5 saturated carbocycles. The lowest BCUT2D eigenvalue weighted by Crippen LogP contribution is -2.62. The molecule has 0 amide bonds. The molecule has 7 fully saturated rings. The van der Waals surface area contributed by atoms with Gasteiger partial charge in [-0.3, -0.25) is 4.79 Å². The van der Waals surface area contributed by atoms with Crippen molar-refractivity contribution < 1.29 is 49.3 Å². The van der Waals surface area contributed by atoms with Crippen molar-refractivity contribution in [3.8, 4) is 0 Å². The molecule has 0 aromatic carbocycles. The largest absolute Gasteiger partial charge is 0.459 e. The molecule has 10 nitrogen and oxygen atoms in total. The molecule has 7 aliphatic rings. The molecule has 5 N–H and O–H groups in total. The zero-order chi connectivity index (χ0) is 34.3. The van der Waals surface area contributed by atoms with Crippen LogP contribution in [0.2, 0.25) is 0 Å². The Hall–Kier alpha value is -0.850. The van der Waals surface area contributed by atoms with Gasteiger partial charge in [0.05, 0.1) is 36.1 Å². The lowest BCUT2D eigenvalue weighted by molar-refractivity contribution is -0.303. The number of fused-ring (bicyclic) bond motifs is 2. The fraction of sp³-hybridized carbons (Fsp3) is 0.973. The molecule has 0 aromatic rings. The molecular weight excluding hydrogens is 604 g/mol. The lowest BCUT2D eigenvalue weighted by Gasteiger charge is -2.64. The molecule has 268 valence electrons. The normalized spacial score (nSPS) is 56.6. The first-order valence-corrected chi connectivity index (χ1v) is 18.3. The van der Waals surface area contributed by atoms with Gasteiger partial charge >= 0.3 is 5.97 Å². The Morgan fingerprint density at radius 3 is 2.13 bits per heavy atom. The van der Waals surface area contributed by atoms with E-state index in [1.807, 2.05) is 0 Å². The maximum Gasteiger partial charge on any atom is 0.303 e. The SMILES string of the molecule is CC(=O)O[C@H]1[C@H](O)[C@@H]([C@]2(C)CC[C@@H](C(C)(C)O)O2)[C@@]2(C)CC[C@@]34C[C@@]35CC[C@@H](O[C@@H]3OC[C@H](O)[C@H](O)[C@@H]3O)C(C)(C)[C@H]5CC[C@H]4[C@]12C. The van der Waals surface area contributed by atoms with E-state index in [9.17, 15) is 30.3 Å². The minimum atomic E-state index is -1.31. The Morgan fingerprint density at radius 2 is 1.49 bits per heavy atom. The van der Waals surface area contributed by atoms with Gasteiger partial charge in [-0.2, -0.15) is 0 Å². The monoisotopic (exact) mass is 664 g/mol. The van der Waals surface area contributed by atoms with Crippen LogP contribution in [0.15, 0.2) is 0 Å². The number of carbonyl (C=O) groups excluding carboxylic acids is 1. The summed E-state index contributed by atoms with van der Waals surface area (Å²) in [6.45, 7) is 16.2. The molecule has 0 unspecified atom stereocenters. The number of hydrogen-bond donors (Lipinski definition) is 5. The second-order valence-corrected chi connectivity index (χ2v) is 18.7. The Morgan fingerprint density at radius 1 is 0.830 bits per heavy atom. The number of carbonyl (C=O) groups is 1. The molecule has 0 aromatic heterocycles. The van der Waals surface area contributed by atoms with Crippen molar-refractivity contribution in [3.63, 3.8) is 0 Å². The summed E-state index contributed by atoms with van der Waals surface area (Å²) in [4.78, 5) is 12.7. The molecule has 0 radical (unpaired) electrons. The van der Waals surface area contributed by atoms with Gasteiger partial charge < -0.3 is 44.5 Å². The second-order valence-electron chi connectivity index (χ2n) is 18.7. The molecule has 2 aliphatic heterocycles. The van der Waals surface area contributed by atoms with Crippen LogP contribution < -0.4 is 0 Å². The summed E-state index contributed by atoms with van der Waals surface area (Å²) in [7, 11) is 0. The fourth-order valence-corrected chi connectivity index (χ4v) is 13.7. The summed E-state index contributed by atoms with van der Waals surface area (Å²) in [5, 5.41) is 54.0. The van der Waals surface area contributed by atoms with Gasteiger partial charge in [0, 0.05) is 18.3 Å². The number of esters is 1. The third-order valence-corrected chi connectivity index (χ3v) is 15.9. The zero-order valence-corrected chi connectivity index (χ0v) is 29.7. The third kappa shape index (κ3) is 4.47. The van der Waals surface area contributed by atoms with Crippen LogP contribution in [0.4, 0.5) is 0 Å². The van der Waals surface area contributed by atoms with Crippen molar-refractivity contribution in [2.45, 2.75) is 173 Å². The second kappa shape index (κ2) is 10.6. The van der Waals surface area contributed by atoms with Gasteiger partial charge in [0.2, 0.25) is 0 Å². The summed E-state index contributed by atoms with van der Waals surface area (Å²) >= 11 is 0. The quantitative estimate of drug-likeness (QED) is 0.218. The molecule has 2 heterocycles. The van der Waals surface area contributed by atoms with Crippen LogP contribution in [-0.2, 0) is 23.7 Å². The van der Waals surface area contributed by atoms with Gasteiger partial charge in [0.1, 0.15) is 24.4 Å². The molecule has 2 saturated heterocycles. The first kappa shape index (κ1) is 34.6. The Labute approximate surface area is 279 Å². The van der Waals surface area contributed by atoms with Crippen LogP contribution in [0, 0.1) is 44.8 Å². The maximum atomic E-state index is 12.7. The molecule has 47 heavy (non-hydrogen) atoms. The van der Waals surface area contributed by atoms with E-state index in [-0.39, 0.29) is 58.3 Å². The third-order valence-electron chi connectivity index (χ3n) is 15.9. The smallest absolute Gasteiger partial charge is 0.303 e. The zero-order valence-electron chi connectivity index (χ0n) is 29.7. The van der Waals surface area contributed by atoms with Crippen LogP contribution >= 0.6 is 0 Å². The van der Waals surface area contributed by atoms with Crippen molar-refractivity contribution >= 4 is 5.97 Å². The van der Waals surface area contributed by atoms with E-state index in [2.05, 4.69) is 34.6 Å². The molecular formula is C37H60O10. The molecule has 0 bridgehead atoms. The molecule has 16 atom stereocenters. The van der Waals surface area contributed by atoms with Crippen LogP contribution in [0.25, 0.3) is 0 Å². The van der Waals surface area contributed by atoms with Gasteiger partial charge in [-0.1, -0.05) is 27.7 Å². The molecule has 10 heteroatoms. The van der Waals surface area contributed by atoms with E-state index < -0.39 is 53.4 Å². The maximum absolute atomic E-state index is 12.7. The Balaban J connectivity index is 1.19. The van der Waals surface area contributed by atoms with Crippen molar-refractivity contribution in [3.05, 3.63) is 0 Å². The van der Waals surface area contributed by atoms with Crippen molar-refractivity contribution in [2.24, 2.45) is 44.8 Å². The van der Waals surface area contributed by atoms with Gasteiger partial charge in [-0.25, -0.2) is 0 Å². The molecule has 7 rings (SSSR count). The highest BCUT2D eigenvalue weighted by atomic mass is 16.7. The lowest BCUT2D eigenvalue weighted by atomic mass is 9.41. The topological polar surface area (TPSA) is 155 Å². The highest BCUT2D eigenvalue weighted by Crippen LogP contribution is 2.89.